The van der Waals surface area contributed by atoms with Crippen molar-refractivity contribution in [3.63, 3.8) is 0 Å². The van der Waals surface area contributed by atoms with Crippen molar-refractivity contribution in [2.45, 2.75) is 13.3 Å². The first kappa shape index (κ1) is 12.5. The Morgan fingerprint density at radius 3 is 2.68 bits per heavy atom. The average molecular weight is 290 g/mol. The molecule has 0 atom stereocenters. The van der Waals surface area contributed by atoms with Gasteiger partial charge in [-0.25, -0.2) is 4.39 Å². The smallest absolute Gasteiger partial charge is 0.212 e. The number of rotatable bonds is 3. The fraction of sp³-hybridized carbons (Fsp3) is 0.133. The lowest BCUT2D eigenvalue weighted by Crippen LogP contribution is -1.93. The van der Waals surface area contributed by atoms with E-state index in [9.17, 15) is 9.18 Å². The van der Waals surface area contributed by atoms with Gasteiger partial charge in [-0.2, -0.15) is 0 Å². The number of carbonyl (C=O) groups excluding carboxylic acids is 1. The highest BCUT2D eigenvalue weighted by Crippen LogP contribution is 2.29. The van der Waals surface area contributed by atoms with Crippen LogP contribution < -0.4 is 0 Å². The Labute approximate surface area is 118 Å². The molecule has 0 aliphatic carbocycles. The summed E-state index contributed by atoms with van der Waals surface area (Å²) in [6.45, 7) is 2.07. The summed E-state index contributed by atoms with van der Waals surface area (Å²) >= 11 is 2.88. The third-order valence-corrected chi connectivity index (χ3v) is 5.26. The topological polar surface area (TPSA) is 17.1 Å². The molecule has 0 saturated heterocycles. The van der Waals surface area contributed by atoms with Crippen molar-refractivity contribution in [2.24, 2.45) is 0 Å². The summed E-state index contributed by atoms with van der Waals surface area (Å²) in [5.41, 5.74) is 0. The molecule has 3 rings (SSSR count). The van der Waals surface area contributed by atoms with Crippen LogP contribution in [-0.4, -0.2) is 5.78 Å². The molecule has 0 saturated carbocycles. The molecule has 2 aromatic heterocycles. The lowest BCUT2D eigenvalue weighted by molar-refractivity contribution is 0.104. The number of benzene rings is 1. The maximum atomic E-state index is 13.1. The minimum atomic E-state index is -0.266. The van der Waals surface area contributed by atoms with Gasteiger partial charge in [0.25, 0.3) is 0 Å². The second kappa shape index (κ2) is 4.87. The van der Waals surface area contributed by atoms with Crippen molar-refractivity contribution in [2.75, 3.05) is 0 Å². The number of thiophene rings is 2. The van der Waals surface area contributed by atoms with Crippen molar-refractivity contribution < 1.29 is 9.18 Å². The van der Waals surface area contributed by atoms with E-state index < -0.39 is 0 Å². The number of hydrogen-bond donors (Lipinski definition) is 0. The summed E-state index contributed by atoms with van der Waals surface area (Å²) in [6, 6.07) is 10.3. The highest BCUT2D eigenvalue weighted by Gasteiger charge is 2.15. The van der Waals surface area contributed by atoms with Gasteiger partial charge in [-0.05, 0) is 42.1 Å². The second-order valence-electron chi connectivity index (χ2n) is 4.24. The van der Waals surface area contributed by atoms with Gasteiger partial charge in [0, 0.05) is 9.58 Å². The van der Waals surface area contributed by atoms with Crippen LogP contribution in [0.2, 0.25) is 0 Å². The van der Waals surface area contributed by atoms with Crippen LogP contribution in [0, 0.1) is 5.82 Å². The van der Waals surface area contributed by atoms with Crippen LogP contribution in [-0.2, 0) is 6.42 Å². The van der Waals surface area contributed by atoms with Crippen LogP contribution in [0.5, 0.6) is 0 Å². The van der Waals surface area contributed by atoms with Crippen molar-refractivity contribution in [3.05, 3.63) is 56.8 Å². The van der Waals surface area contributed by atoms with E-state index >= 15 is 0 Å². The number of aryl methyl sites for hydroxylation is 1. The molecule has 0 bridgehead atoms. The Morgan fingerprint density at radius 1 is 1.11 bits per heavy atom. The standard InChI is InChI=1S/C15H11FOS2/c1-2-11-5-6-12(18-11)15(17)14-7-9-3-4-10(16)8-13(9)19-14/h3-8H,2H2,1H3. The predicted molar refractivity (Wildman–Crippen MR) is 78.9 cm³/mol. The van der Waals surface area contributed by atoms with E-state index in [2.05, 4.69) is 6.92 Å². The molecule has 0 unspecified atom stereocenters. The number of ketones is 1. The van der Waals surface area contributed by atoms with Gasteiger partial charge >= 0.3 is 0 Å². The van der Waals surface area contributed by atoms with Gasteiger partial charge in [0.2, 0.25) is 5.78 Å². The van der Waals surface area contributed by atoms with E-state index in [4.69, 9.17) is 0 Å². The number of hydrogen-bond acceptors (Lipinski definition) is 3. The second-order valence-corrected chi connectivity index (χ2v) is 6.49. The number of fused-ring (bicyclic) bond motifs is 1. The first-order valence-electron chi connectivity index (χ1n) is 6.00. The van der Waals surface area contributed by atoms with Crippen molar-refractivity contribution >= 4 is 38.5 Å². The summed E-state index contributed by atoms with van der Waals surface area (Å²) in [5.74, 6) is -0.232. The zero-order valence-corrected chi connectivity index (χ0v) is 11.9. The molecule has 0 fully saturated rings. The highest BCUT2D eigenvalue weighted by atomic mass is 32.1. The molecule has 1 nitrogen and oxygen atoms in total. The van der Waals surface area contributed by atoms with Gasteiger partial charge in [0.05, 0.1) is 9.75 Å². The molecule has 0 N–H and O–H groups in total. The lowest BCUT2D eigenvalue weighted by Gasteiger charge is -1.91. The Kier molecular flexibility index (Phi) is 3.21. The molecular weight excluding hydrogens is 279 g/mol. The lowest BCUT2D eigenvalue weighted by atomic mass is 10.2. The molecule has 0 amide bonds. The van der Waals surface area contributed by atoms with Crippen molar-refractivity contribution in [1.29, 1.82) is 0 Å². The molecule has 0 aliphatic heterocycles. The highest BCUT2D eigenvalue weighted by molar-refractivity contribution is 7.22. The van der Waals surface area contributed by atoms with Crippen LogP contribution >= 0.6 is 22.7 Å². The molecule has 96 valence electrons. The van der Waals surface area contributed by atoms with Gasteiger partial charge < -0.3 is 0 Å². The van der Waals surface area contributed by atoms with Crippen molar-refractivity contribution in [3.8, 4) is 0 Å². The number of halogens is 1. The molecule has 1 aromatic carbocycles. The van der Waals surface area contributed by atoms with E-state index in [0.717, 1.165) is 21.4 Å². The third-order valence-electron chi connectivity index (χ3n) is 2.94. The minimum absolute atomic E-state index is 0.0336. The Hall–Kier alpha value is -1.52. The van der Waals surface area contributed by atoms with Crippen LogP contribution in [0.4, 0.5) is 4.39 Å². The minimum Gasteiger partial charge on any atom is -0.287 e. The van der Waals surface area contributed by atoms with E-state index in [-0.39, 0.29) is 11.6 Å². The fourth-order valence-electron chi connectivity index (χ4n) is 1.93. The van der Waals surface area contributed by atoms with Gasteiger partial charge in [-0.15, -0.1) is 22.7 Å². The van der Waals surface area contributed by atoms with Crippen LogP contribution in [0.15, 0.2) is 36.4 Å². The predicted octanol–water partition coefficient (Wildman–Crippen LogP) is 4.90. The Balaban J connectivity index is 2.01. The average Bonchev–Trinajstić information content (AvgIpc) is 3.03. The first-order chi connectivity index (χ1) is 9.17. The molecule has 4 heteroatoms. The SMILES string of the molecule is CCc1ccc(C(=O)c2cc3ccc(F)cc3s2)s1. The van der Waals surface area contributed by atoms with Gasteiger partial charge in [-0.1, -0.05) is 13.0 Å². The maximum absolute atomic E-state index is 13.1. The summed E-state index contributed by atoms with van der Waals surface area (Å²) in [6.07, 6.45) is 0.940. The molecule has 3 aromatic rings. The quantitative estimate of drug-likeness (QED) is 0.627. The molecule has 2 heterocycles. The maximum Gasteiger partial charge on any atom is 0.212 e. The summed E-state index contributed by atoms with van der Waals surface area (Å²) in [4.78, 5) is 15.0. The summed E-state index contributed by atoms with van der Waals surface area (Å²) < 4.78 is 14.0. The van der Waals surface area contributed by atoms with Gasteiger partial charge in [-0.3, -0.25) is 4.79 Å². The Bertz CT molecular complexity index is 754. The van der Waals surface area contributed by atoms with Gasteiger partial charge in [0.1, 0.15) is 5.82 Å². The summed E-state index contributed by atoms with van der Waals surface area (Å²) in [7, 11) is 0. The Morgan fingerprint density at radius 2 is 1.95 bits per heavy atom. The molecule has 0 aliphatic rings. The van der Waals surface area contributed by atoms with E-state index in [0.29, 0.717) is 4.88 Å². The third kappa shape index (κ3) is 2.33. The van der Waals surface area contributed by atoms with Gasteiger partial charge in [0.15, 0.2) is 0 Å². The van der Waals surface area contributed by atoms with E-state index in [1.165, 1.54) is 39.7 Å². The fourth-order valence-corrected chi connectivity index (χ4v) is 3.94. The molecule has 0 spiro atoms. The largest absolute Gasteiger partial charge is 0.287 e. The normalized spacial score (nSPS) is 11.1. The van der Waals surface area contributed by atoms with E-state index in [1.807, 2.05) is 18.2 Å². The van der Waals surface area contributed by atoms with E-state index in [1.54, 1.807) is 6.07 Å². The number of carbonyl (C=O) groups is 1. The summed E-state index contributed by atoms with van der Waals surface area (Å²) in [5, 5.41) is 0.919. The molecular formula is C15H11FOS2. The zero-order chi connectivity index (χ0) is 13.4. The first-order valence-corrected chi connectivity index (χ1v) is 7.63. The van der Waals surface area contributed by atoms with Crippen molar-refractivity contribution in [1.82, 2.24) is 0 Å². The van der Waals surface area contributed by atoms with Crippen LogP contribution in [0.1, 0.15) is 26.3 Å². The monoisotopic (exact) mass is 290 g/mol. The zero-order valence-electron chi connectivity index (χ0n) is 10.3. The molecule has 19 heavy (non-hydrogen) atoms. The van der Waals surface area contributed by atoms with Crippen LogP contribution in [0.3, 0.4) is 0 Å². The van der Waals surface area contributed by atoms with Crippen LogP contribution in [0.25, 0.3) is 10.1 Å². The molecule has 0 radical (unpaired) electrons.